The van der Waals surface area contributed by atoms with Crippen LogP contribution in [0.3, 0.4) is 0 Å². The first-order valence-corrected chi connectivity index (χ1v) is 6.89. The molecule has 1 unspecified atom stereocenters. The maximum atomic E-state index is 9.93. The van der Waals surface area contributed by atoms with Gasteiger partial charge < -0.3 is 20.1 Å². The molecule has 1 rings (SSSR count). The highest BCUT2D eigenvalue weighted by Crippen LogP contribution is 2.16. The Morgan fingerprint density at radius 1 is 1.10 bits per heavy atom. The highest BCUT2D eigenvalue weighted by atomic mass is 35.5. The van der Waals surface area contributed by atoms with Crippen molar-refractivity contribution in [3.63, 3.8) is 0 Å². The Balaban J connectivity index is 0.00000400. The average Bonchev–Trinajstić information content (AvgIpc) is 2.41. The molecule has 0 heterocycles. The number of aryl methyl sites for hydroxylation is 2. The van der Waals surface area contributed by atoms with Gasteiger partial charge in [-0.05, 0) is 37.1 Å². The molecule has 1 aromatic rings. The zero-order chi connectivity index (χ0) is 15.0. The third kappa shape index (κ3) is 7.64. The molecule has 6 heteroatoms. The predicted octanol–water partition coefficient (Wildman–Crippen LogP) is 0.752. The normalized spacial score (nSPS) is 12.1. The van der Waals surface area contributed by atoms with E-state index >= 15 is 0 Å². The van der Waals surface area contributed by atoms with E-state index in [4.69, 9.17) is 14.9 Å². The summed E-state index contributed by atoms with van der Waals surface area (Å²) in [5, 5.41) is 27.7. The van der Waals surface area contributed by atoms with Crippen LogP contribution in [-0.4, -0.2) is 65.8 Å². The largest absolute Gasteiger partial charge is 0.491 e. The van der Waals surface area contributed by atoms with Crippen LogP contribution >= 0.6 is 12.4 Å². The van der Waals surface area contributed by atoms with Gasteiger partial charge in [-0.2, -0.15) is 0 Å². The highest BCUT2D eigenvalue weighted by molar-refractivity contribution is 5.85. The summed E-state index contributed by atoms with van der Waals surface area (Å²) in [5.74, 6) is 0.739. The molecule has 122 valence electrons. The molecule has 0 fully saturated rings. The summed E-state index contributed by atoms with van der Waals surface area (Å²) >= 11 is 0. The topological polar surface area (TPSA) is 73.2 Å². The second kappa shape index (κ2) is 10.8. The van der Waals surface area contributed by atoms with E-state index in [-0.39, 0.29) is 32.2 Å². The van der Waals surface area contributed by atoms with Gasteiger partial charge in [0.05, 0.1) is 13.2 Å². The second-order valence-corrected chi connectivity index (χ2v) is 4.96. The minimum atomic E-state index is -0.658. The first kappa shape index (κ1) is 20.1. The standard InChI is InChI=1S/C15H25NO4.ClH/c1-12-3-4-15(9-13(12)2)20-11-14(19)10-16(5-7-17)6-8-18;/h3-4,9,14,17-19H,5-8,10-11H2,1-2H3;1H. The zero-order valence-electron chi connectivity index (χ0n) is 12.7. The van der Waals surface area contributed by atoms with E-state index in [1.54, 1.807) is 4.90 Å². The lowest BCUT2D eigenvalue weighted by Gasteiger charge is -2.23. The number of aliphatic hydroxyl groups excluding tert-OH is 3. The van der Waals surface area contributed by atoms with Gasteiger partial charge in [0, 0.05) is 19.6 Å². The molecule has 0 saturated carbocycles. The van der Waals surface area contributed by atoms with Gasteiger partial charge in [-0.15, -0.1) is 12.4 Å². The van der Waals surface area contributed by atoms with Crippen molar-refractivity contribution in [2.24, 2.45) is 0 Å². The van der Waals surface area contributed by atoms with E-state index in [2.05, 4.69) is 0 Å². The molecular formula is C15H26ClNO4. The molecule has 3 N–H and O–H groups in total. The Labute approximate surface area is 132 Å². The molecule has 0 radical (unpaired) electrons. The molecule has 1 atom stereocenters. The first-order chi connectivity index (χ1) is 9.56. The number of hydrogen-bond donors (Lipinski definition) is 3. The molecule has 0 aromatic heterocycles. The van der Waals surface area contributed by atoms with E-state index < -0.39 is 6.10 Å². The van der Waals surface area contributed by atoms with Crippen molar-refractivity contribution in [3.8, 4) is 5.75 Å². The summed E-state index contributed by atoms with van der Waals surface area (Å²) in [6, 6.07) is 5.82. The minimum Gasteiger partial charge on any atom is -0.491 e. The molecule has 21 heavy (non-hydrogen) atoms. The van der Waals surface area contributed by atoms with Crippen molar-refractivity contribution in [3.05, 3.63) is 29.3 Å². The van der Waals surface area contributed by atoms with Crippen LogP contribution < -0.4 is 4.74 Å². The second-order valence-electron chi connectivity index (χ2n) is 4.96. The molecule has 1 aromatic carbocycles. The molecule has 5 nitrogen and oxygen atoms in total. The summed E-state index contributed by atoms with van der Waals surface area (Å²) in [5.41, 5.74) is 2.36. The molecule has 0 aliphatic carbocycles. The Morgan fingerprint density at radius 3 is 2.24 bits per heavy atom. The number of aliphatic hydroxyl groups is 3. The molecule has 0 bridgehead atoms. The highest BCUT2D eigenvalue weighted by Gasteiger charge is 2.12. The van der Waals surface area contributed by atoms with Gasteiger partial charge in [-0.3, -0.25) is 4.90 Å². The van der Waals surface area contributed by atoms with Crippen molar-refractivity contribution in [2.75, 3.05) is 39.5 Å². The fraction of sp³-hybridized carbons (Fsp3) is 0.600. The van der Waals surface area contributed by atoms with Crippen LogP contribution in [0, 0.1) is 13.8 Å². The van der Waals surface area contributed by atoms with Gasteiger partial charge in [0.25, 0.3) is 0 Å². The van der Waals surface area contributed by atoms with Gasteiger partial charge in [0.1, 0.15) is 18.5 Å². The Hall–Kier alpha value is -0.850. The van der Waals surface area contributed by atoms with E-state index in [1.807, 2.05) is 32.0 Å². The van der Waals surface area contributed by atoms with Crippen molar-refractivity contribution < 1.29 is 20.1 Å². The number of rotatable bonds is 9. The molecule has 0 amide bonds. The van der Waals surface area contributed by atoms with Crippen LogP contribution in [0.4, 0.5) is 0 Å². The third-order valence-corrected chi connectivity index (χ3v) is 3.22. The number of hydrogen-bond acceptors (Lipinski definition) is 5. The van der Waals surface area contributed by atoms with Crippen LogP contribution in [-0.2, 0) is 0 Å². The van der Waals surface area contributed by atoms with Crippen LogP contribution in [0.2, 0.25) is 0 Å². The maximum Gasteiger partial charge on any atom is 0.119 e. The number of ether oxygens (including phenoxy) is 1. The first-order valence-electron chi connectivity index (χ1n) is 6.89. The van der Waals surface area contributed by atoms with E-state index in [0.29, 0.717) is 19.6 Å². The summed E-state index contributed by atoms with van der Waals surface area (Å²) < 4.78 is 5.56. The summed E-state index contributed by atoms with van der Waals surface area (Å²) in [6.45, 7) is 5.48. The van der Waals surface area contributed by atoms with Gasteiger partial charge >= 0.3 is 0 Å². The monoisotopic (exact) mass is 319 g/mol. The van der Waals surface area contributed by atoms with Crippen LogP contribution in [0.15, 0.2) is 18.2 Å². The van der Waals surface area contributed by atoms with Crippen molar-refractivity contribution in [1.82, 2.24) is 4.90 Å². The van der Waals surface area contributed by atoms with Gasteiger partial charge in [0.15, 0.2) is 0 Å². The zero-order valence-corrected chi connectivity index (χ0v) is 13.5. The van der Waals surface area contributed by atoms with Crippen molar-refractivity contribution in [1.29, 1.82) is 0 Å². The van der Waals surface area contributed by atoms with Crippen LogP contribution in [0.1, 0.15) is 11.1 Å². The van der Waals surface area contributed by atoms with Crippen molar-refractivity contribution >= 4 is 12.4 Å². The summed E-state index contributed by atoms with van der Waals surface area (Å²) in [7, 11) is 0. The van der Waals surface area contributed by atoms with E-state index in [9.17, 15) is 5.11 Å². The van der Waals surface area contributed by atoms with E-state index in [1.165, 1.54) is 5.56 Å². The molecule has 0 saturated heterocycles. The SMILES string of the molecule is Cc1ccc(OCC(O)CN(CCO)CCO)cc1C.Cl. The van der Waals surface area contributed by atoms with Crippen LogP contribution in [0.5, 0.6) is 5.75 Å². The number of halogens is 1. The number of nitrogens with zero attached hydrogens (tertiary/aromatic N) is 1. The minimum absolute atomic E-state index is 0. The lowest BCUT2D eigenvalue weighted by molar-refractivity contribution is 0.0552. The fourth-order valence-corrected chi connectivity index (χ4v) is 1.92. The van der Waals surface area contributed by atoms with E-state index in [0.717, 1.165) is 11.3 Å². The summed E-state index contributed by atoms with van der Waals surface area (Å²) in [4.78, 5) is 1.80. The fourth-order valence-electron chi connectivity index (χ4n) is 1.92. The predicted molar refractivity (Wildman–Crippen MR) is 85.3 cm³/mol. The van der Waals surface area contributed by atoms with Gasteiger partial charge in [-0.25, -0.2) is 0 Å². The quantitative estimate of drug-likeness (QED) is 0.626. The Bertz CT molecular complexity index is 397. The lowest BCUT2D eigenvalue weighted by atomic mass is 10.1. The summed E-state index contributed by atoms with van der Waals surface area (Å²) in [6.07, 6.45) is -0.658. The maximum absolute atomic E-state index is 9.93. The molecule has 0 aliphatic rings. The molecular weight excluding hydrogens is 294 g/mol. The smallest absolute Gasteiger partial charge is 0.119 e. The van der Waals surface area contributed by atoms with Crippen LogP contribution in [0.25, 0.3) is 0 Å². The number of benzene rings is 1. The third-order valence-electron chi connectivity index (χ3n) is 3.22. The van der Waals surface area contributed by atoms with Gasteiger partial charge in [0.2, 0.25) is 0 Å². The Kier molecular flexibility index (Phi) is 10.4. The van der Waals surface area contributed by atoms with Crippen molar-refractivity contribution in [2.45, 2.75) is 20.0 Å². The Morgan fingerprint density at radius 2 is 1.71 bits per heavy atom. The lowest BCUT2D eigenvalue weighted by Crippen LogP contribution is -2.38. The molecule has 0 spiro atoms. The average molecular weight is 320 g/mol. The molecule has 0 aliphatic heterocycles. The van der Waals surface area contributed by atoms with Gasteiger partial charge in [-0.1, -0.05) is 6.07 Å².